The summed E-state index contributed by atoms with van der Waals surface area (Å²) in [6.07, 6.45) is 5.18. The minimum Gasteiger partial charge on any atom is -0.353 e. The molecule has 158 valence electrons. The van der Waals surface area contributed by atoms with Gasteiger partial charge in [0.15, 0.2) is 0 Å². The second-order valence-electron chi connectivity index (χ2n) is 7.06. The van der Waals surface area contributed by atoms with E-state index in [1.165, 1.54) is 17.8 Å². The van der Waals surface area contributed by atoms with E-state index in [4.69, 9.17) is 0 Å². The number of nitro benzene ring substituents is 1. The van der Waals surface area contributed by atoms with Crippen molar-refractivity contribution in [2.24, 2.45) is 0 Å². The highest BCUT2D eigenvalue weighted by Gasteiger charge is 2.25. The zero-order chi connectivity index (χ0) is 21.6. The molecule has 0 aliphatic carbocycles. The number of aromatic nitrogens is 2. The minimum atomic E-state index is -0.429. The molecule has 0 atom stereocenters. The summed E-state index contributed by atoms with van der Waals surface area (Å²) in [4.78, 5) is 37.0. The summed E-state index contributed by atoms with van der Waals surface area (Å²) in [5.41, 5.74) is 1.27. The Morgan fingerprint density at radius 3 is 2.58 bits per heavy atom. The van der Waals surface area contributed by atoms with E-state index in [0.29, 0.717) is 42.4 Å². The lowest BCUT2D eigenvalue weighted by Gasteiger charge is -2.35. The first kappa shape index (κ1) is 20.8. The van der Waals surface area contributed by atoms with Gasteiger partial charge in [-0.15, -0.1) is 11.8 Å². The molecule has 1 aliphatic heterocycles. The largest absolute Gasteiger partial charge is 0.353 e. The third-order valence-corrected chi connectivity index (χ3v) is 6.19. The van der Waals surface area contributed by atoms with E-state index < -0.39 is 4.92 Å². The van der Waals surface area contributed by atoms with Crippen LogP contribution in [0.5, 0.6) is 0 Å². The number of carbonyl (C=O) groups excluding carboxylic acids is 1. The van der Waals surface area contributed by atoms with Crippen LogP contribution in [0.3, 0.4) is 0 Å². The maximum absolute atomic E-state index is 13.0. The Labute approximate surface area is 184 Å². The van der Waals surface area contributed by atoms with Gasteiger partial charge in [-0.05, 0) is 35.9 Å². The van der Waals surface area contributed by atoms with Gasteiger partial charge in [-0.2, -0.15) is 0 Å². The van der Waals surface area contributed by atoms with Crippen molar-refractivity contribution >= 4 is 29.2 Å². The van der Waals surface area contributed by atoms with Crippen molar-refractivity contribution in [2.75, 3.05) is 31.1 Å². The van der Waals surface area contributed by atoms with Crippen LogP contribution < -0.4 is 4.90 Å². The normalized spacial score (nSPS) is 13.8. The van der Waals surface area contributed by atoms with Crippen LogP contribution in [0.25, 0.3) is 0 Å². The van der Waals surface area contributed by atoms with Gasteiger partial charge in [-0.1, -0.05) is 12.1 Å². The quantitative estimate of drug-likeness (QED) is 0.332. The molecule has 3 aromatic rings. The second kappa shape index (κ2) is 9.57. The highest BCUT2D eigenvalue weighted by Crippen LogP contribution is 2.32. The SMILES string of the molecule is O=C(c1ccc(SCc2cccnc2)c([N+](=O)[O-])c1)N1CCN(c2ccccn2)CC1. The van der Waals surface area contributed by atoms with Gasteiger partial charge >= 0.3 is 0 Å². The van der Waals surface area contributed by atoms with E-state index in [1.54, 1.807) is 35.6 Å². The van der Waals surface area contributed by atoms with Gasteiger partial charge in [0.05, 0.1) is 9.82 Å². The molecule has 1 amide bonds. The van der Waals surface area contributed by atoms with Crippen LogP contribution in [-0.2, 0) is 5.75 Å². The summed E-state index contributed by atoms with van der Waals surface area (Å²) in [5.74, 6) is 1.27. The van der Waals surface area contributed by atoms with Crippen molar-refractivity contribution in [3.05, 3.63) is 88.4 Å². The van der Waals surface area contributed by atoms with Crippen molar-refractivity contribution in [1.29, 1.82) is 0 Å². The number of nitro groups is 1. The molecule has 4 rings (SSSR count). The first-order valence-corrected chi connectivity index (χ1v) is 10.9. The Bertz CT molecular complexity index is 1060. The molecule has 0 spiro atoms. The van der Waals surface area contributed by atoms with Crippen molar-refractivity contribution in [3.63, 3.8) is 0 Å². The van der Waals surface area contributed by atoms with Gasteiger partial charge in [0.2, 0.25) is 0 Å². The number of carbonyl (C=O) groups is 1. The number of hydrogen-bond donors (Lipinski definition) is 0. The standard InChI is InChI=1S/C22H21N5O3S/c28-22(26-12-10-25(11-13-26)21-5-1-2-9-24-21)18-6-7-20(19(14-18)27(29)30)31-16-17-4-3-8-23-15-17/h1-9,14-15H,10-13,16H2. The average molecular weight is 436 g/mol. The predicted molar refractivity (Wildman–Crippen MR) is 119 cm³/mol. The van der Waals surface area contributed by atoms with E-state index >= 15 is 0 Å². The summed E-state index contributed by atoms with van der Waals surface area (Å²) in [6, 6.07) is 14.2. The highest BCUT2D eigenvalue weighted by molar-refractivity contribution is 7.98. The molecule has 0 unspecified atom stereocenters. The van der Waals surface area contributed by atoms with Gasteiger partial charge in [0.1, 0.15) is 5.82 Å². The molecule has 0 N–H and O–H groups in total. The van der Waals surface area contributed by atoms with Crippen LogP contribution in [0.2, 0.25) is 0 Å². The molecule has 3 heterocycles. The Morgan fingerprint density at radius 2 is 1.90 bits per heavy atom. The van der Waals surface area contributed by atoms with E-state index in [-0.39, 0.29) is 11.6 Å². The Balaban J connectivity index is 1.43. The zero-order valence-corrected chi connectivity index (χ0v) is 17.6. The van der Waals surface area contributed by atoms with Gasteiger partial charge in [0.25, 0.3) is 11.6 Å². The molecule has 8 nitrogen and oxygen atoms in total. The van der Waals surface area contributed by atoms with E-state index in [0.717, 1.165) is 11.4 Å². The summed E-state index contributed by atoms with van der Waals surface area (Å²) in [5, 5.41) is 11.6. The summed E-state index contributed by atoms with van der Waals surface area (Å²) < 4.78 is 0. The Hall–Kier alpha value is -3.46. The third kappa shape index (κ3) is 5.00. The number of benzene rings is 1. The molecule has 1 saturated heterocycles. The maximum atomic E-state index is 13.0. The van der Waals surface area contributed by atoms with Crippen molar-refractivity contribution < 1.29 is 9.72 Å². The van der Waals surface area contributed by atoms with Crippen LogP contribution in [0.4, 0.5) is 11.5 Å². The highest BCUT2D eigenvalue weighted by atomic mass is 32.2. The van der Waals surface area contributed by atoms with Crippen LogP contribution in [0.15, 0.2) is 72.0 Å². The molecule has 9 heteroatoms. The molecule has 31 heavy (non-hydrogen) atoms. The molecule has 0 bridgehead atoms. The first-order valence-electron chi connectivity index (χ1n) is 9.87. The van der Waals surface area contributed by atoms with Gasteiger partial charge in [-0.3, -0.25) is 19.9 Å². The van der Waals surface area contributed by atoms with Gasteiger partial charge in [0, 0.05) is 62.2 Å². The maximum Gasteiger partial charge on any atom is 0.283 e. The number of thioether (sulfide) groups is 1. The number of piperazine rings is 1. The molecular formula is C22H21N5O3S. The van der Waals surface area contributed by atoms with E-state index in [1.807, 2.05) is 30.3 Å². The van der Waals surface area contributed by atoms with Crippen LogP contribution in [-0.4, -0.2) is 51.9 Å². The lowest BCUT2D eigenvalue weighted by Crippen LogP contribution is -2.49. The van der Waals surface area contributed by atoms with E-state index in [2.05, 4.69) is 14.9 Å². The topological polar surface area (TPSA) is 92.5 Å². The lowest BCUT2D eigenvalue weighted by molar-refractivity contribution is -0.387. The third-order valence-electron chi connectivity index (χ3n) is 5.06. The number of pyridine rings is 2. The molecule has 0 saturated carbocycles. The molecular weight excluding hydrogens is 414 g/mol. The van der Waals surface area contributed by atoms with E-state index in [9.17, 15) is 14.9 Å². The second-order valence-corrected chi connectivity index (χ2v) is 8.07. The zero-order valence-electron chi connectivity index (χ0n) is 16.8. The number of hydrogen-bond acceptors (Lipinski definition) is 7. The fraction of sp³-hybridized carbons (Fsp3) is 0.227. The van der Waals surface area contributed by atoms with Crippen LogP contribution in [0.1, 0.15) is 15.9 Å². The molecule has 1 fully saturated rings. The predicted octanol–water partition coefficient (Wildman–Crippen LogP) is 3.64. The van der Waals surface area contributed by atoms with Crippen molar-refractivity contribution in [2.45, 2.75) is 10.6 Å². The van der Waals surface area contributed by atoms with Gasteiger partial charge < -0.3 is 9.80 Å². The van der Waals surface area contributed by atoms with Crippen LogP contribution >= 0.6 is 11.8 Å². The monoisotopic (exact) mass is 435 g/mol. The molecule has 1 aliphatic rings. The lowest BCUT2D eigenvalue weighted by atomic mass is 10.1. The van der Waals surface area contributed by atoms with Crippen molar-refractivity contribution in [1.82, 2.24) is 14.9 Å². The molecule has 0 radical (unpaired) electrons. The number of amides is 1. The molecule has 1 aromatic carbocycles. The van der Waals surface area contributed by atoms with Gasteiger partial charge in [-0.25, -0.2) is 4.98 Å². The minimum absolute atomic E-state index is 0.0492. The average Bonchev–Trinajstić information content (AvgIpc) is 2.83. The fourth-order valence-corrected chi connectivity index (χ4v) is 4.36. The number of rotatable bonds is 6. The Kier molecular flexibility index (Phi) is 6.42. The van der Waals surface area contributed by atoms with Crippen LogP contribution in [0, 0.1) is 10.1 Å². The first-order chi connectivity index (χ1) is 15.1. The fourth-order valence-electron chi connectivity index (χ4n) is 3.42. The summed E-state index contributed by atoms with van der Waals surface area (Å²) >= 11 is 1.36. The Morgan fingerprint density at radius 1 is 1.06 bits per heavy atom. The summed E-state index contributed by atoms with van der Waals surface area (Å²) in [7, 11) is 0. The summed E-state index contributed by atoms with van der Waals surface area (Å²) in [6.45, 7) is 2.43. The number of anilines is 1. The van der Waals surface area contributed by atoms with Crippen molar-refractivity contribution in [3.8, 4) is 0 Å². The molecule has 2 aromatic heterocycles. The number of nitrogens with zero attached hydrogens (tertiary/aromatic N) is 5. The smallest absolute Gasteiger partial charge is 0.283 e.